The van der Waals surface area contributed by atoms with Crippen molar-refractivity contribution in [2.45, 2.75) is 26.2 Å². The molecule has 4 rings (SSSR count). The van der Waals surface area contributed by atoms with Gasteiger partial charge in [0.1, 0.15) is 5.82 Å². The predicted molar refractivity (Wildman–Crippen MR) is 95.3 cm³/mol. The lowest BCUT2D eigenvalue weighted by Crippen LogP contribution is -2.05. The quantitative estimate of drug-likeness (QED) is 0.654. The second-order valence-corrected chi connectivity index (χ2v) is 6.68. The second-order valence-electron chi connectivity index (χ2n) is 6.68. The number of hydrogen-bond acceptors (Lipinski definition) is 5. The first-order chi connectivity index (χ1) is 12.6. The maximum Gasteiger partial charge on any atom is 0.224 e. The number of halogens is 1. The van der Waals surface area contributed by atoms with Crippen LogP contribution >= 0.6 is 0 Å². The van der Waals surface area contributed by atoms with Crippen molar-refractivity contribution in [1.29, 1.82) is 0 Å². The van der Waals surface area contributed by atoms with E-state index >= 15 is 0 Å². The molecule has 1 fully saturated rings. The van der Waals surface area contributed by atoms with Crippen LogP contribution in [0.15, 0.2) is 42.9 Å². The molecule has 0 radical (unpaired) electrons. The Kier molecular flexibility index (Phi) is 4.32. The smallest absolute Gasteiger partial charge is 0.224 e. The van der Waals surface area contributed by atoms with Gasteiger partial charge in [-0.2, -0.15) is 9.37 Å². The van der Waals surface area contributed by atoms with Gasteiger partial charge in [0, 0.05) is 42.2 Å². The average molecular weight is 350 g/mol. The molecule has 3 aromatic rings. The zero-order valence-electron chi connectivity index (χ0n) is 14.7. The lowest BCUT2D eigenvalue weighted by atomic mass is 10.1. The van der Waals surface area contributed by atoms with Gasteiger partial charge in [0.05, 0.1) is 12.2 Å². The van der Waals surface area contributed by atoms with E-state index in [0.717, 1.165) is 17.7 Å². The molecule has 1 aliphatic carbocycles. The lowest BCUT2D eigenvalue weighted by molar-refractivity contribution is 0.285. The standard InChI is InChI=1S/C20H19FN4O/c1-12-3-4-18(24-9-12)16-7-15(16)11-26-20-17(10-23-13(2)25-20)14-5-6-22-19(21)8-14/h3-6,8-10,15-16H,7,11H2,1-2H3. The van der Waals surface area contributed by atoms with Crippen LogP contribution in [0.4, 0.5) is 4.39 Å². The Morgan fingerprint density at radius 1 is 1.12 bits per heavy atom. The summed E-state index contributed by atoms with van der Waals surface area (Å²) in [6, 6.07) is 7.25. The third-order valence-electron chi connectivity index (χ3n) is 4.58. The summed E-state index contributed by atoms with van der Waals surface area (Å²) in [6.07, 6.45) is 6.04. The summed E-state index contributed by atoms with van der Waals surface area (Å²) in [7, 11) is 0. The van der Waals surface area contributed by atoms with Gasteiger partial charge in [0.15, 0.2) is 0 Å². The van der Waals surface area contributed by atoms with Crippen LogP contribution in [0.5, 0.6) is 5.88 Å². The molecule has 0 bridgehead atoms. The van der Waals surface area contributed by atoms with Crippen molar-refractivity contribution in [3.05, 3.63) is 65.9 Å². The molecule has 2 unspecified atom stereocenters. The SMILES string of the molecule is Cc1ccc(C2CC2COc2nc(C)ncc2-c2ccnc(F)c2)nc1. The third kappa shape index (κ3) is 3.54. The Morgan fingerprint density at radius 3 is 2.77 bits per heavy atom. The molecule has 0 amide bonds. The number of nitrogens with zero attached hydrogens (tertiary/aromatic N) is 4. The fourth-order valence-electron chi connectivity index (χ4n) is 3.01. The van der Waals surface area contributed by atoms with Crippen LogP contribution in [0.3, 0.4) is 0 Å². The number of aromatic nitrogens is 4. The Morgan fingerprint density at radius 2 is 2.00 bits per heavy atom. The Hall–Kier alpha value is -2.89. The molecule has 3 aromatic heterocycles. The molecule has 5 nitrogen and oxygen atoms in total. The minimum Gasteiger partial charge on any atom is -0.477 e. The van der Waals surface area contributed by atoms with Gasteiger partial charge < -0.3 is 4.74 Å². The molecule has 26 heavy (non-hydrogen) atoms. The molecular formula is C20H19FN4O. The number of ether oxygens (including phenoxy) is 1. The van der Waals surface area contributed by atoms with Crippen LogP contribution in [0.25, 0.3) is 11.1 Å². The Balaban J connectivity index is 1.49. The Bertz CT molecular complexity index is 929. The van der Waals surface area contributed by atoms with E-state index in [2.05, 4.69) is 32.1 Å². The highest BCUT2D eigenvalue weighted by atomic mass is 19.1. The number of aryl methyl sites for hydroxylation is 2. The first-order valence-electron chi connectivity index (χ1n) is 8.61. The Labute approximate surface area is 151 Å². The molecule has 1 aliphatic rings. The number of pyridine rings is 2. The van der Waals surface area contributed by atoms with Crippen LogP contribution in [0, 0.1) is 25.7 Å². The lowest BCUT2D eigenvalue weighted by Gasteiger charge is -2.11. The van der Waals surface area contributed by atoms with Crippen molar-refractivity contribution >= 4 is 0 Å². The van der Waals surface area contributed by atoms with E-state index in [9.17, 15) is 4.39 Å². The minimum atomic E-state index is -0.540. The normalized spacial score (nSPS) is 18.6. The van der Waals surface area contributed by atoms with E-state index in [0.29, 0.717) is 41.3 Å². The van der Waals surface area contributed by atoms with E-state index in [4.69, 9.17) is 4.74 Å². The van der Waals surface area contributed by atoms with Gasteiger partial charge >= 0.3 is 0 Å². The van der Waals surface area contributed by atoms with E-state index in [1.165, 1.54) is 12.3 Å². The molecule has 3 heterocycles. The molecule has 0 aliphatic heterocycles. The maximum atomic E-state index is 13.5. The first kappa shape index (κ1) is 16.6. The van der Waals surface area contributed by atoms with E-state index < -0.39 is 5.95 Å². The fraction of sp³-hybridized carbons (Fsp3) is 0.300. The summed E-state index contributed by atoms with van der Waals surface area (Å²) in [5, 5.41) is 0. The number of hydrogen-bond donors (Lipinski definition) is 0. The first-order valence-corrected chi connectivity index (χ1v) is 8.61. The maximum absolute atomic E-state index is 13.5. The van der Waals surface area contributed by atoms with Gasteiger partial charge in [-0.15, -0.1) is 0 Å². The summed E-state index contributed by atoms with van der Waals surface area (Å²) in [4.78, 5) is 16.7. The van der Waals surface area contributed by atoms with Crippen molar-refractivity contribution in [3.8, 4) is 17.0 Å². The van der Waals surface area contributed by atoms with Crippen molar-refractivity contribution in [2.75, 3.05) is 6.61 Å². The zero-order chi connectivity index (χ0) is 18.1. The van der Waals surface area contributed by atoms with Gasteiger partial charge in [-0.25, -0.2) is 9.97 Å². The molecule has 0 saturated heterocycles. The zero-order valence-corrected chi connectivity index (χ0v) is 14.7. The predicted octanol–water partition coefficient (Wildman–Crippen LogP) is 3.87. The molecule has 2 atom stereocenters. The molecule has 0 spiro atoms. The molecular weight excluding hydrogens is 331 g/mol. The highest BCUT2D eigenvalue weighted by Gasteiger charge is 2.40. The molecule has 132 valence electrons. The molecule has 0 aromatic carbocycles. The summed E-state index contributed by atoms with van der Waals surface area (Å²) >= 11 is 0. The summed E-state index contributed by atoms with van der Waals surface area (Å²) in [5.74, 6) is 1.40. The van der Waals surface area contributed by atoms with Crippen LogP contribution in [-0.2, 0) is 0 Å². The summed E-state index contributed by atoms with van der Waals surface area (Å²) in [6.45, 7) is 4.39. The highest BCUT2D eigenvalue weighted by molar-refractivity contribution is 5.67. The van der Waals surface area contributed by atoms with Gasteiger partial charge in [-0.1, -0.05) is 6.07 Å². The van der Waals surface area contributed by atoms with E-state index in [1.807, 2.05) is 13.1 Å². The second kappa shape index (κ2) is 6.78. The summed E-state index contributed by atoms with van der Waals surface area (Å²) < 4.78 is 19.4. The van der Waals surface area contributed by atoms with Crippen molar-refractivity contribution in [2.24, 2.45) is 5.92 Å². The van der Waals surface area contributed by atoms with Crippen LogP contribution < -0.4 is 4.74 Å². The van der Waals surface area contributed by atoms with Gasteiger partial charge in [-0.05, 0) is 43.5 Å². The third-order valence-corrected chi connectivity index (χ3v) is 4.58. The van der Waals surface area contributed by atoms with Crippen LogP contribution in [0.2, 0.25) is 0 Å². The number of rotatable bonds is 5. The fourth-order valence-corrected chi connectivity index (χ4v) is 3.01. The summed E-state index contributed by atoms with van der Waals surface area (Å²) in [5.41, 5.74) is 3.59. The van der Waals surface area contributed by atoms with Crippen molar-refractivity contribution in [3.63, 3.8) is 0 Å². The molecule has 6 heteroatoms. The van der Waals surface area contributed by atoms with E-state index in [-0.39, 0.29) is 0 Å². The minimum absolute atomic E-state index is 0.419. The van der Waals surface area contributed by atoms with Gasteiger partial charge in [0.2, 0.25) is 11.8 Å². The average Bonchev–Trinajstić information content (AvgIpc) is 3.40. The van der Waals surface area contributed by atoms with Crippen molar-refractivity contribution < 1.29 is 9.13 Å². The molecule has 0 N–H and O–H groups in total. The van der Waals surface area contributed by atoms with Gasteiger partial charge in [-0.3, -0.25) is 4.98 Å². The van der Waals surface area contributed by atoms with Crippen LogP contribution in [-0.4, -0.2) is 26.5 Å². The molecule has 1 saturated carbocycles. The monoisotopic (exact) mass is 350 g/mol. The van der Waals surface area contributed by atoms with Crippen molar-refractivity contribution in [1.82, 2.24) is 19.9 Å². The van der Waals surface area contributed by atoms with Gasteiger partial charge in [0.25, 0.3) is 0 Å². The topological polar surface area (TPSA) is 60.8 Å². The van der Waals surface area contributed by atoms with E-state index in [1.54, 1.807) is 19.2 Å². The largest absolute Gasteiger partial charge is 0.477 e. The van der Waals surface area contributed by atoms with Crippen LogP contribution in [0.1, 0.15) is 29.4 Å². The highest BCUT2D eigenvalue weighted by Crippen LogP contribution is 2.47.